The van der Waals surface area contributed by atoms with Crippen molar-refractivity contribution in [3.63, 3.8) is 0 Å². The summed E-state index contributed by atoms with van der Waals surface area (Å²) in [5.41, 5.74) is 0.367. The molecule has 1 aliphatic rings. The monoisotopic (exact) mass is 497 g/mol. The fourth-order valence-electron chi connectivity index (χ4n) is 3.63. The number of carbonyl (C=O) groups excluding carboxylic acids is 1. The summed E-state index contributed by atoms with van der Waals surface area (Å²) in [6.07, 6.45) is 1.53. The van der Waals surface area contributed by atoms with Crippen molar-refractivity contribution in [3.8, 4) is 0 Å². The van der Waals surface area contributed by atoms with Crippen LogP contribution in [0, 0.1) is 17.0 Å². The molecule has 3 aromatic rings. The predicted octanol–water partition coefficient (Wildman–Crippen LogP) is 3.13. The van der Waals surface area contributed by atoms with E-state index in [0.717, 1.165) is 11.3 Å². The quantitative estimate of drug-likeness (QED) is 0.394. The van der Waals surface area contributed by atoms with Gasteiger partial charge in [-0.3, -0.25) is 19.6 Å². The molecular weight excluding hydrogens is 478 g/mol. The first-order chi connectivity index (χ1) is 15.1. The van der Waals surface area contributed by atoms with Gasteiger partial charge in [-0.2, -0.15) is 9.40 Å². The number of halogens is 1. The molecule has 3 heterocycles. The van der Waals surface area contributed by atoms with Gasteiger partial charge in [-0.15, -0.1) is 11.3 Å². The van der Waals surface area contributed by atoms with Crippen molar-refractivity contribution < 1.29 is 18.1 Å². The molecule has 0 radical (unpaired) electrons. The van der Waals surface area contributed by atoms with Crippen molar-refractivity contribution in [2.24, 2.45) is 0 Å². The summed E-state index contributed by atoms with van der Waals surface area (Å²) in [5, 5.41) is 16.1. The van der Waals surface area contributed by atoms with Gasteiger partial charge in [0.05, 0.1) is 15.6 Å². The second-order valence-corrected chi connectivity index (χ2v) is 10.7. The fourth-order valence-corrected chi connectivity index (χ4v) is 6.74. The molecule has 0 aliphatic carbocycles. The Morgan fingerprint density at radius 2 is 1.97 bits per heavy atom. The smallest absolute Gasteiger partial charge is 0.270 e. The summed E-state index contributed by atoms with van der Waals surface area (Å²) in [6, 6.07) is 4.28. The van der Waals surface area contributed by atoms with E-state index in [1.54, 1.807) is 16.5 Å². The van der Waals surface area contributed by atoms with E-state index in [2.05, 4.69) is 5.10 Å². The number of piperazine rings is 1. The third kappa shape index (κ3) is 3.87. The molecule has 0 atom stereocenters. The zero-order valence-corrected chi connectivity index (χ0v) is 19.7. The molecule has 2 aromatic heterocycles. The topological polar surface area (TPSA) is 119 Å². The summed E-state index contributed by atoms with van der Waals surface area (Å²) < 4.78 is 29.6. The number of sulfonamides is 1. The molecule has 0 unspecified atom stereocenters. The van der Waals surface area contributed by atoms with E-state index in [4.69, 9.17) is 11.6 Å². The van der Waals surface area contributed by atoms with E-state index in [1.807, 2.05) is 6.92 Å². The minimum atomic E-state index is -3.71. The summed E-state index contributed by atoms with van der Waals surface area (Å²) in [6.45, 7) is 4.83. The number of thiophene rings is 1. The third-order valence-electron chi connectivity index (χ3n) is 5.39. The van der Waals surface area contributed by atoms with Gasteiger partial charge < -0.3 is 4.90 Å². The van der Waals surface area contributed by atoms with Crippen LogP contribution in [0.15, 0.2) is 29.3 Å². The molecule has 10 nitrogen and oxygen atoms in total. The molecule has 0 spiro atoms. The summed E-state index contributed by atoms with van der Waals surface area (Å²) in [4.78, 5) is 25.6. The maximum Gasteiger partial charge on any atom is 0.270 e. The highest BCUT2D eigenvalue weighted by Gasteiger charge is 2.33. The Hall–Kier alpha value is -2.54. The zero-order valence-electron chi connectivity index (χ0n) is 17.3. The van der Waals surface area contributed by atoms with Crippen LogP contribution in [-0.2, 0) is 16.6 Å². The Bertz CT molecular complexity index is 1330. The first kappa shape index (κ1) is 22.6. The van der Waals surface area contributed by atoms with E-state index in [1.165, 1.54) is 28.7 Å². The predicted molar refractivity (Wildman–Crippen MR) is 121 cm³/mol. The van der Waals surface area contributed by atoms with E-state index < -0.39 is 14.9 Å². The molecule has 13 heteroatoms. The fraction of sp³-hybridized carbons (Fsp3) is 0.368. The Kier molecular flexibility index (Phi) is 5.96. The van der Waals surface area contributed by atoms with Crippen LogP contribution in [0.5, 0.6) is 0 Å². The van der Waals surface area contributed by atoms with Crippen molar-refractivity contribution in [1.82, 2.24) is 19.0 Å². The average Bonchev–Trinajstić information content (AvgIpc) is 3.33. The highest BCUT2D eigenvalue weighted by Crippen LogP contribution is 2.38. The lowest BCUT2D eigenvalue weighted by molar-refractivity contribution is -0.384. The van der Waals surface area contributed by atoms with Crippen LogP contribution < -0.4 is 0 Å². The van der Waals surface area contributed by atoms with Crippen molar-refractivity contribution in [2.45, 2.75) is 25.3 Å². The number of nitro groups is 1. The number of aromatic nitrogens is 2. The molecule has 170 valence electrons. The number of non-ortho nitro benzene ring substituents is 1. The highest BCUT2D eigenvalue weighted by molar-refractivity contribution is 7.89. The number of benzene rings is 1. The van der Waals surface area contributed by atoms with Crippen LogP contribution in [0.1, 0.15) is 22.3 Å². The second-order valence-electron chi connectivity index (χ2n) is 7.31. The molecule has 0 saturated carbocycles. The maximum atomic E-state index is 13.1. The lowest BCUT2D eigenvalue weighted by Crippen LogP contribution is -2.50. The third-order valence-corrected chi connectivity index (χ3v) is 9.03. The van der Waals surface area contributed by atoms with Crippen molar-refractivity contribution >= 4 is 54.6 Å². The molecule has 4 rings (SSSR count). The molecule has 1 aromatic carbocycles. The van der Waals surface area contributed by atoms with Gasteiger partial charge in [0.15, 0.2) is 0 Å². The molecule has 32 heavy (non-hydrogen) atoms. The van der Waals surface area contributed by atoms with Gasteiger partial charge in [-0.05, 0) is 19.9 Å². The summed E-state index contributed by atoms with van der Waals surface area (Å²) in [5.74, 6) is -0.314. The number of nitro benzene ring substituents is 1. The molecule has 0 N–H and O–H groups in total. The molecular formula is C19H20ClN5O5S2. The number of rotatable bonds is 5. The SMILES string of the molecule is CCn1cc(S(=O)(=O)N2CCN(C(=O)c3sc4cc([N+](=O)[O-])ccc4c3Cl)CC2)c(C)n1. The van der Waals surface area contributed by atoms with Crippen molar-refractivity contribution in [3.05, 3.63) is 50.1 Å². The second kappa shape index (κ2) is 8.43. The molecule has 1 fully saturated rings. The van der Waals surface area contributed by atoms with Gasteiger partial charge in [0.25, 0.3) is 11.6 Å². The van der Waals surface area contributed by atoms with Crippen LogP contribution in [0.4, 0.5) is 5.69 Å². The zero-order chi connectivity index (χ0) is 23.2. The Labute approximate surface area is 193 Å². The molecule has 1 aliphatic heterocycles. The van der Waals surface area contributed by atoms with E-state index in [-0.39, 0.29) is 47.7 Å². The van der Waals surface area contributed by atoms with Crippen molar-refractivity contribution in [1.29, 1.82) is 0 Å². The lowest BCUT2D eigenvalue weighted by Gasteiger charge is -2.33. The van der Waals surface area contributed by atoms with Gasteiger partial charge in [0, 0.05) is 61.1 Å². The Morgan fingerprint density at radius 1 is 1.28 bits per heavy atom. The normalized spacial score (nSPS) is 15.4. The minimum Gasteiger partial charge on any atom is -0.335 e. The number of hydrogen-bond donors (Lipinski definition) is 0. The van der Waals surface area contributed by atoms with Crippen LogP contribution in [0.2, 0.25) is 5.02 Å². The summed E-state index contributed by atoms with van der Waals surface area (Å²) in [7, 11) is -3.71. The number of amides is 1. The Balaban J connectivity index is 1.52. The summed E-state index contributed by atoms with van der Waals surface area (Å²) >= 11 is 7.49. The first-order valence-corrected chi connectivity index (χ1v) is 12.5. The standard InChI is InChI=1S/C19H20ClN5O5S2/c1-3-23-11-16(12(2)21-23)32(29,30)24-8-6-22(7-9-24)19(26)18-17(20)14-5-4-13(25(27)28)10-15(14)31-18/h4-5,10-11H,3,6-9H2,1-2H3. The van der Waals surface area contributed by atoms with Crippen LogP contribution in [0.3, 0.4) is 0 Å². The molecule has 1 amide bonds. The van der Waals surface area contributed by atoms with Crippen molar-refractivity contribution in [2.75, 3.05) is 26.2 Å². The highest BCUT2D eigenvalue weighted by atomic mass is 35.5. The number of nitrogens with zero attached hydrogens (tertiary/aromatic N) is 5. The average molecular weight is 498 g/mol. The number of aryl methyl sites for hydroxylation is 2. The number of fused-ring (bicyclic) bond motifs is 1. The van der Waals surface area contributed by atoms with Gasteiger partial charge in [-0.25, -0.2) is 8.42 Å². The van der Waals surface area contributed by atoms with Gasteiger partial charge in [-0.1, -0.05) is 11.6 Å². The van der Waals surface area contributed by atoms with E-state index in [0.29, 0.717) is 27.2 Å². The number of carbonyl (C=O) groups is 1. The Morgan fingerprint density at radius 3 is 2.56 bits per heavy atom. The molecule has 0 bridgehead atoms. The van der Waals surface area contributed by atoms with Gasteiger partial charge in [0.1, 0.15) is 9.77 Å². The van der Waals surface area contributed by atoms with Crippen LogP contribution >= 0.6 is 22.9 Å². The van der Waals surface area contributed by atoms with E-state index >= 15 is 0 Å². The molecule has 1 saturated heterocycles. The van der Waals surface area contributed by atoms with Gasteiger partial charge >= 0.3 is 0 Å². The largest absolute Gasteiger partial charge is 0.335 e. The number of hydrogen-bond acceptors (Lipinski definition) is 7. The minimum absolute atomic E-state index is 0.0741. The first-order valence-electron chi connectivity index (χ1n) is 9.83. The van der Waals surface area contributed by atoms with Crippen LogP contribution in [-0.4, -0.2) is 64.4 Å². The van der Waals surface area contributed by atoms with Gasteiger partial charge in [0.2, 0.25) is 10.0 Å². The maximum absolute atomic E-state index is 13.1. The lowest BCUT2D eigenvalue weighted by atomic mass is 10.2. The van der Waals surface area contributed by atoms with Crippen LogP contribution in [0.25, 0.3) is 10.1 Å². The van der Waals surface area contributed by atoms with E-state index in [9.17, 15) is 23.3 Å².